The van der Waals surface area contributed by atoms with E-state index < -0.39 is 0 Å². The maximum absolute atomic E-state index is 12.3. The molecule has 148 valence electrons. The minimum atomic E-state index is -0.372. The van der Waals surface area contributed by atoms with E-state index in [0.29, 0.717) is 29.8 Å². The summed E-state index contributed by atoms with van der Waals surface area (Å²) in [4.78, 5) is 12.3. The zero-order valence-corrected chi connectivity index (χ0v) is 17.8. The van der Waals surface area contributed by atoms with Crippen molar-refractivity contribution in [1.29, 1.82) is 0 Å². The average molecular weight is 436 g/mol. The van der Waals surface area contributed by atoms with Crippen molar-refractivity contribution >= 4 is 27.7 Å². The van der Waals surface area contributed by atoms with Gasteiger partial charge >= 0.3 is 6.09 Å². The van der Waals surface area contributed by atoms with Crippen LogP contribution in [0.5, 0.6) is 0 Å². The Morgan fingerprint density at radius 1 is 1.30 bits per heavy atom. The van der Waals surface area contributed by atoms with Crippen molar-refractivity contribution in [2.75, 3.05) is 18.5 Å². The molecule has 5 atom stereocenters. The largest absolute Gasteiger partial charge is 0.449 e. The molecule has 1 amide bonds. The van der Waals surface area contributed by atoms with Gasteiger partial charge in [0.1, 0.15) is 0 Å². The number of carbonyl (C=O) groups excluding carboxylic acids is 1. The van der Waals surface area contributed by atoms with Crippen LogP contribution >= 0.6 is 15.9 Å². The van der Waals surface area contributed by atoms with Gasteiger partial charge in [0.15, 0.2) is 0 Å². The molecule has 1 saturated heterocycles. The van der Waals surface area contributed by atoms with E-state index in [1.165, 1.54) is 25.7 Å². The summed E-state index contributed by atoms with van der Waals surface area (Å²) in [7, 11) is 0. The summed E-state index contributed by atoms with van der Waals surface area (Å²) < 4.78 is 12.8. The number of carbonyl (C=O) groups is 1. The van der Waals surface area contributed by atoms with Crippen molar-refractivity contribution in [1.82, 2.24) is 0 Å². The molecule has 2 aliphatic carbocycles. The molecule has 1 aromatic carbocycles. The SMILES string of the molecule is CC(C)[C@H]1CCC[C@@]12CC[C@@H]1OC[C@H]2[C@H]1COC(=O)Nc1ccc(Br)cc1. The normalized spacial score (nSPS) is 35.0. The highest BCUT2D eigenvalue weighted by molar-refractivity contribution is 9.10. The minimum absolute atomic E-state index is 0.259. The van der Waals surface area contributed by atoms with Crippen molar-refractivity contribution in [2.45, 2.75) is 52.1 Å². The number of anilines is 1. The number of benzene rings is 1. The molecule has 0 radical (unpaired) electrons. The summed E-state index contributed by atoms with van der Waals surface area (Å²) in [6, 6.07) is 7.53. The van der Waals surface area contributed by atoms with E-state index >= 15 is 0 Å². The second kappa shape index (κ2) is 7.75. The average Bonchev–Trinajstić information content (AvgIpc) is 3.19. The van der Waals surface area contributed by atoms with Crippen molar-refractivity contribution < 1.29 is 14.3 Å². The van der Waals surface area contributed by atoms with Gasteiger partial charge in [0.05, 0.1) is 19.3 Å². The van der Waals surface area contributed by atoms with Gasteiger partial charge in [-0.3, -0.25) is 5.32 Å². The number of hydrogen-bond donors (Lipinski definition) is 1. The first-order chi connectivity index (χ1) is 13.0. The molecule has 0 aromatic heterocycles. The van der Waals surface area contributed by atoms with E-state index in [-0.39, 0.29) is 12.2 Å². The maximum Gasteiger partial charge on any atom is 0.411 e. The number of rotatable bonds is 4. The fourth-order valence-electron chi connectivity index (χ4n) is 6.19. The summed E-state index contributed by atoms with van der Waals surface area (Å²) in [5.74, 6) is 2.37. The fraction of sp³-hybridized carbons (Fsp3) is 0.682. The lowest BCUT2D eigenvalue weighted by Gasteiger charge is -2.48. The number of fused-ring (bicyclic) bond motifs is 3. The molecule has 1 aliphatic heterocycles. The highest BCUT2D eigenvalue weighted by Gasteiger charge is 2.58. The summed E-state index contributed by atoms with van der Waals surface area (Å²) in [5, 5.41) is 2.82. The van der Waals surface area contributed by atoms with E-state index in [0.717, 1.165) is 29.1 Å². The van der Waals surface area contributed by atoms with Crippen LogP contribution in [-0.2, 0) is 9.47 Å². The quantitative estimate of drug-likeness (QED) is 0.643. The molecule has 2 bridgehead atoms. The maximum atomic E-state index is 12.3. The molecule has 27 heavy (non-hydrogen) atoms. The second-order valence-electron chi connectivity index (χ2n) is 8.89. The Balaban J connectivity index is 1.40. The topological polar surface area (TPSA) is 47.6 Å². The van der Waals surface area contributed by atoms with Gasteiger partial charge < -0.3 is 9.47 Å². The van der Waals surface area contributed by atoms with Crippen molar-refractivity contribution in [2.24, 2.45) is 29.1 Å². The Morgan fingerprint density at radius 2 is 2.07 bits per heavy atom. The van der Waals surface area contributed by atoms with Gasteiger partial charge in [0.25, 0.3) is 0 Å². The predicted molar refractivity (Wildman–Crippen MR) is 110 cm³/mol. The zero-order chi connectivity index (χ0) is 19.0. The molecular weight excluding hydrogens is 406 g/mol. The molecule has 3 aliphatic rings. The number of halogens is 1. The van der Waals surface area contributed by atoms with Crippen LogP contribution in [0.1, 0.15) is 46.0 Å². The molecule has 3 fully saturated rings. The Kier molecular flexibility index (Phi) is 5.52. The summed E-state index contributed by atoms with van der Waals surface area (Å²) >= 11 is 3.40. The molecule has 1 aromatic rings. The Hall–Kier alpha value is -1.07. The molecular formula is C22H30BrNO3. The Bertz CT molecular complexity index is 677. The van der Waals surface area contributed by atoms with Crippen molar-refractivity contribution in [3.63, 3.8) is 0 Å². The van der Waals surface area contributed by atoms with Crippen LogP contribution in [0.15, 0.2) is 28.7 Å². The smallest absolute Gasteiger partial charge is 0.411 e. The first kappa shape index (κ1) is 19.3. The van der Waals surface area contributed by atoms with E-state index in [2.05, 4.69) is 35.1 Å². The van der Waals surface area contributed by atoms with E-state index in [9.17, 15) is 4.79 Å². The first-order valence-corrected chi connectivity index (χ1v) is 11.1. The van der Waals surface area contributed by atoms with Gasteiger partial charge in [0, 0.05) is 16.1 Å². The van der Waals surface area contributed by atoms with Gasteiger partial charge in [-0.1, -0.05) is 36.2 Å². The van der Waals surface area contributed by atoms with Crippen LogP contribution in [0.4, 0.5) is 10.5 Å². The van der Waals surface area contributed by atoms with Crippen LogP contribution in [0.3, 0.4) is 0 Å². The summed E-state index contributed by atoms with van der Waals surface area (Å²) in [5.41, 5.74) is 1.15. The molecule has 5 heteroatoms. The highest BCUT2D eigenvalue weighted by atomic mass is 79.9. The molecule has 0 unspecified atom stereocenters. The Labute approximate surface area is 170 Å². The lowest BCUT2D eigenvalue weighted by molar-refractivity contribution is -0.0170. The van der Waals surface area contributed by atoms with E-state index in [1.807, 2.05) is 24.3 Å². The molecule has 4 nitrogen and oxygen atoms in total. The van der Waals surface area contributed by atoms with E-state index in [1.54, 1.807) is 0 Å². The molecule has 1 heterocycles. The third-order valence-electron chi connectivity index (χ3n) is 7.32. The zero-order valence-electron chi connectivity index (χ0n) is 16.2. The third-order valence-corrected chi connectivity index (χ3v) is 7.84. The van der Waals surface area contributed by atoms with Crippen molar-refractivity contribution in [3.8, 4) is 0 Å². The van der Waals surface area contributed by atoms with E-state index in [4.69, 9.17) is 9.47 Å². The monoisotopic (exact) mass is 435 g/mol. The lowest BCUT2D eigenvalue weighted by atomic mass is 9.56. The molecule has 1 N–H and O–H groups in total. The van der Waals surface area contributed by atoms with Crippen LogP contribution in [0, 0.1) is 29.1 Å². The van der Waals surface area contributed by atoms with Crippen LogP contribution < -0.4 is 5.32 Å². The number of ether oxygens (including phenoxy) is 2. The van der Waals surface area contributed by atoms with Gasteiger partial charge in [-0.2, -0.15) is 0 Å². The number of nitrogens with one attached hydrogen (secondary N) is 1. The standard InChI is InChI=1S/C22H30BrNO3/c1-14(2)18-4-3-10-22(18)11-9-20-17(19(22)13-26-20)12-27-21(25)24-16-7-5-15(23)6-8-16/h5-8,14,17-20H,3-4,9-13H2,1-2H3,(H,24,25)/t17-,18-,19+,20+,22-/m1/s1. The second-order valence-corrected chi connectivity index (χ2v) is 9.80. The van der Waals surface area contributed by atoms with Gasteiger partial charge in [-0.25, -0.2) is 4.79 Å². The fourth-order valence-corrected chi connectivity index (χ4v) is 6.46. The number of amides is 1. The predicted octanol–water partition coefficient (Wildman–Crippen LogP) is 5.87. The minimum Gasteiger partial charge on any atom is -0.449 e. The highest BCUT2D eigenvalue weighted by Crippen LogP contribution is 2.62. The third kappa shape index (κ3) is 3.65. The van der Waals surface area contributed by atoms with Crippen LogP contribution in [0.2, 0.25) is 0 Å². The molecule has 2 saturated carbocycles. The number of hydrogen-bond acceptors (Lipinski definition) is 3. The lowest BCUT2D eigenvalue weighted by Crippen LogP contribution is -2.46. The van der Waals surface area contributed by atoms with Crippen LogP contribution in [-0.4, -0.2) is 25.4 Å². The Morgan fingerprint density at radius 3 is 2.81 bits per heavy atom. The molecule has 1 spiro atoms. The molecule has 4 rings (SSSR count). The summed E-state index contributed by atoms with van der Waals surface area (Å²) in [6.45, 7) is 6.05. The van der Waals surface area contributed by atoms with Crippen LogP contribution in [0.25, 0.3) is 0 Å². The van der Waals surface area contributed by atoms with Gasteiger partial charge in [-0.15, -0.1) is 0 Å². The van der Waals surface area contributed by atoms with Gasteiger partial charge in [0.2, 0.25) is 0 Å². The van der Waals surface area contributed by atoms with Gasteiger partial charge in [-0.05, 0) is 73.1 Å². The first-order valence-electron chi connectivity index (χ1n) is 10.3. The van der Waals surface area contributed by atoms with Crippen molar-refractivity contribution in [3.05, 3.63) is 28.7 Å². The summed E-state index contributed by atoms with van der Waals surface area (Å²) in [6.07, 6.45) is 6.28.